The van der Waals surface area contributed by atoms with Gasteiger partial charge >= 0.3 is 0 Å². The first-order chi connectivity index (χ1) is 7.86. The van der Waals surface area contributed by atoms with Crippen LogP contribution in [0.25, 0.3) is 0 Å². The van der Waals surface area contributed by atoms with Gasteiger partial charge in [-0.15, -0.1) is 0 Å². The van der Waals surface area contributed by atoms with Crippen molar-refractivity contribution in [3.63, 3.8) is 0 Å². The van der Waals surface area contributed by atoms with E-state index in [-0.39, 0.29) is 6.54 Å². The van der Waals surface area contributed by atoms with Crippen LogP contribution in [0.2, 0.25) is 0 Å². The second-order valence-electron chi connectivity index (χ2n) is 3.04. The number of carboxylic acids is 2. The minimum absolute atomic E-state index is 0.183. The molecule has 0 aromatic carbocycles. The molecule has 0 heterocycles. The van der Waals surface area contributed by atoms with E-state index in [4.69, 9.17) is 0 Å². The standard InChI is InChI=1S/C8H13N3O6/c9-2-5(12)11-4(1-6(13)14)8(17)10-3-7(15)16/h4H,1-3,9H2,(H,10,17)(H,11,12)(H,13,14)(H,15,16)/p-1/t4-/m0/s1. The lowest BCUT2D eigenvalue weighted by Gasteiger charge is -2.18. The zero-order valence-electron chi connectivity index (χ0n) is 8.86. The normalized spacial score (nSPS) is 11.4. The monoisotopic (exact) mass is 246 g/mol. The van der Waals surface area contributed by atoms with Gasteiger partial charge < -0.3 is 36.2 Å². The minimum atomic E-state index is -1.55. The number of aliphatic carboxylic acids is 2. The van der Waals surface area contributed by atoms with E-state index in [2.05, 4.69) is 11.1 Å². The molecular formula is C8H12N3O6-. The number of quaternary nitrogens is 1. The molecule has 0 fully saturated rings. The Morgan fingerprint density at radius 2 is 1.71 bits per heavy atom. The third kappa shape index (κ3) is 6.84. The highest BCUT2D eigenvalue weighted by atomic mass is 16.4. The number of carbonyl (C=O) groups excluding carboxylic acids is 4. The van der Waals surface area contributed by atoms with Gasteiger partial charge in [0.1, 0.15) is 6.04 Å². The topological polar surface area (TPSA) is 166 Å². The summed E-state index contributed by atoms with van der Waals surface area (Å²) in [7, 11) is 0. The average molecular weight is 246 g/mol. The Labute approximate surface area is 96.0 Å². The molecule has 0 aromatic rings. The summed E-state index contributed by atoms with van der Waals surface area (Å²) in [6.07, 6.45) is -0.759. The second kappa shape index (κ2) is 7.17. The first-order valence-corrected chi connectivity index (χ1v) is 4.62. The summed E-state index contributed by atoms with van der Waals surface area (Å²) >= 11 is 0. The van der Waals surface area contributed by atoms with Crippen molar-refractivity contribution in [3.05, 3.63) is 0 Å². The van der Waals surface area contributed by atoms with E-state index in [1.54, 1.807) is 0 Å². The van der Waals surface area contributed by atoms with E-state index < -0.39 is 42.8 Å². The van der Waals surface area contributed by atoms with Crippen molar-refractivity contribution in [1.82, 2.24) is 10.6 Å². The summed E-state index contributed by atoms with van der Waals surface area (Å²) in [4.78, 5) is 42.7. The number of carbonyl (C=O) groups is 4. The molecule has 2 amide bonds. The second-order valence-corrected chi connectivity index (χ2v) is 3.04. The molecule has 0 radical (unpaired) electrons. The van der Waals surface area contributed by atoms with Crippen LogP contribution in [0.5, 0.6) is 0 Å². The van der Waals surface area contributed by atoms with Crippen molar-refractivity contribution in [3.8, 4) is 0 Å². The molecular weight excluding hydrogens is 234 g/mol. The van der Waals surface area contributed by atoms with Crippen LogP contribution < -0.4 is 26.6 Å². The fourth-order valence-corrected chi connectivity index (χ4v) is 0.925. The summed E-state index contributed by atoms with van der Waals surface area (Å²) in [6, 6.07) is -1.39. The third-order valence-corrected chi connectivity index (χ3v) is 1.66. The highest BCUT2D eigenvalue weighted by Gasteiger charge is 2.20. The van der Waals surface area contributed by atoms with E-state index in [1.165, 1.54) is 0 Å². The molecule has 0 aromatic heterocycles. The molecule has 0 bridgehead atoms. The molecule has 0 aliphatic heterocycles. The van der Waals surface area contributed by atoms with Crippen LogP contribution in [0.1, 0.15) is 6.42 Å². The molecule has 0 unspecified atom stereocenters. The van der Waals surface area contributed by atoms with E-state index in [1.807, 2.05) is 5.32 Å². The van der Waals surface area contributed by atoms with Crippen molar-refractivity contribution >= 4 is 23.8 Å². The summed E-state index contributed by atoms with van der Waals surface area (Å²) < 4.78 is 0. The number of amides is 2. The van der Waals surface area contributed by atoms with Gasteiger partial charge in [-0.3, -0.25) is 9.59 Å². The first-order valence-electron chi connectivity index (χ1n) is 4.62. The summed E-state index contributed by atoms with van der Waals surface area (Å²) in [5.41, 5.74) is 3.24. The number of hydrogen-bond acceptors (Lipinski definition) is 6. The molecule has 9 heteroatoms. The molecule has 1 atom stereocenters. The van der Waals surface area contributed by atoms with Gasteiger partial charge in [0.15, 0.2) is 6.54 Å². The third-order valence-electron chi connectivity index (χ3n) is 1.66. The zero-order chi connectivity index (χ0) is 13.4. The molecule has 96 valence electrons. The highest BCUT2D eigenvalue weighted by Crippen LogP contribution is 1.91. The fraction of sp³-hybridized carbons (Fsp3) is 0.500. The summed E-state index contributed by atoms with van der Waals surface area (Å²) in [6.45, 7) is -0.958. The highest BCUT2D eigenvalue weighted by molar-refractivity contribution is 5.91. The van der Waals surface area contributed by atoms with Gasteiger partial charge in [-0.2, -0.15) is 0 Å². The number of carboxylic acid groups (broad SMARTS) is 2. The van der Waals surface area contributed by atoms with Gasteiger partial charge in [-0.1, -0.05) is 0 Å². The van der Waals surface area contributed by atoms with Crippen molar-refractivity contribution in [1.29, 1.82) is 0 Å². The lowest BCUT2D eigenvalue weighted by molar-refractivity contribution is -0.355. The van der Waals surface area contributed by atoms with Gasteiger partial charge in [-0.25, -0.2) is 0 Å². The predicted molar refractivity (Wildman–Crippen MR) is 47.3 cm³/mol. The van der Waals surface area contributed by atoms with Crippen LogP contribution in [0, 0.1) is 0 Å². The van der Waals surface area contributed by atoms with Crippen LogP contribution in [0.4, 0.5) is 0 Å². The number of rotatable bonds is 7. The maximum Gasteiger partial charge on any atom is 0.275 e. The SMILES string of the molecule is [NH3+]CC(=O)N[C@@H](CC(=O)[O-])C(=O)NCC(=O)[O-]. The lowest BCUT2D eigenvalue weighted by atomic mass is 10.2. The Balaban J connectivity index is 4.44. The Bertz CT molecular complexity index is 329. The molecule has 5 N–H and O–H groups in total. The largest absolute Gasteiger partial charge is 0.550 e. The smallest absolute Gasteiger partial charge is 0.275 e. The van der Waals surface area contributed by atoms with Crippen molar-refractivity contribution in [2.24, 2.45) is 0 Å². The molecule has 0 spiro atoms. The van der Waals surface area contributed by atoms with Crippen molar-refractivity contribution < 1.29 is 35.1 Å². The molecule has 9 nitrogen and oxygen atoms in total. The lowest BCUT2D eigenvalue weighted by Crippen LogP contribution is -2.60. The van der Waals surface area contributed by atoms with E-state index in [0.29, 0.717) is 0 Å². The van der Waals surface area contributed by atoms with Crippen LogP contribution in [-0.4, -0.2) is 42.9 Å². The van der Waals surface area contributed by atoms with E-state index >= 15 is 0 Å². The van der Waals surface area contributed by atoms with Crippen molar-refractivity contribution in [2.45, 2.75) is 12.5 Å². The van der Waals surface area contributed by atoms with E-state index in [9.17, 15) is 29.4 Å². The molecule has 0 aliphatic rings. The zero-order valence-corrected chi connectivity index (χ0v) is 8.86. The fourth-order valence-electron chi connectivity index (χ4n) is 0.925. The van der Waals surface area contributed by atoms with Crippen LogP contribution in [-0.2, 0) is 19.2 Å². The van der Waals surface area contributed by atoms with Gasteiger partial charge in [0.05, 0.1) is 12.5 Å². The van der Waals surface area contributed by atoms with Gasteiger partial charge in [-0.05, 0) is 0 Å². The quantitative estimate of drug-likeness (QED) is 0.404. The summed E-state index contributed by atoms with van der Waals surface area (Å²) in [5.74, 6) is -4.67. The van der Waals surface area contributed by atoms with Crippen LogP contribution in [0.3, 0.4) is 0 Å². The molecule has 0 rings (SSSR count). The van der Waals surface area contributed by atoms with E-state index in [0.717, 1.165) is 0 Å². The molecule has 0 aliphatic carbocycles. The van der Waals surface area contributed by atoms with Gasteiger partial charge in [0.25, 0.3) is 5.91 Å². The number of hydrogen-bond donors (Lipinski definition) is 3. The molecule has 0 saturated carbocycles. The van der Waals surface area contributed by atoms with Gasteiger partial charge in [0.2, 0.25) is 5.91 Å². The van der Waals surface area contributed by atoms with Crippen LogP contribution in [0.15, 0.2) is 0 Å². The maximum absolute atomic E-state index is 11.3. The Morgan fingerprint density at radius 3 is 2.12 bits per heavy atom. The van der Waals surface area contributed by atoms with Crippen LogP contribution >= 0.6 is 0 Å². The minimum Gasteiger partial charge on any atom is -0.550 e. The van der Waals surface area contributed by atoms with Gasteiger partial charge in [0, 0.05) is 12.4 Å². The predicted octanol–water partition coefficient (Wildman–Crippen LogP) is -6.28. The average Bonchev–Trinajstić information content (AvgIpc) is 2.23. The summed E-state index contributed by atoms with van der Waals surface area (Å²) in [5, 5.41) is 24.4. The van der Waals surface area contributed by atoms with Crippen molar-refractivity contribution in [2.75, 3.05) is 13.1 Å². The molecule has 17 heavy (non-hydrogen) atoms. The molecule has 0 saturated heterocycles. The first kappa shape index (κ1) is 14.8. The number of nitrogens with one attached hydrogen (secondary N) is 2. The Morgan fingerprint density at radius 1 is 1.12 bits per heavy atom. The Kier molecular flexibility index (Phi) is 6.26. The Hall–Kier alpha value is -2.16. The maximum atomic E-state index is 11.3.